The molecule has 1 atom stereocenters. The molecule has 0 saturated heterocycles. The van der Waals surface area contributed by atoms with Gasteiger partial charge < -0.3 is 4.42 Å². The van der Waals surface area contributed by atoms with Crippen LogP contribution in [0.1, 0.15) is 18.9 Å². The van der Waals surface area contributed by atoms with Crippen LogP contribution in [0.5, 0.6) is 0 Å². The molecule has 46 heavy (non-hydrogen) atoms. The summed E-state index contributed by atoms with van der Waals surface area (Å²) in [6.45, 7) is 2.25. The fraction of sp³-hybridized carbons (Fsp3) is 0.0714. The van der Waals surface area contributed by atoms with Crippen LogP contribution >= 0.6 is 0 Å². The van der Waals surface area contributed by atoms with E-state index >= 15 is 0 Å². The van der Waals surface area contributed by atoms with Crippen molar-refractivity contribution in [2.24, 2.45) is 5.92 Å². The fourth-order valence-electron chi connectivity index (χ4n) is 6.63. The molecule has 2 heterocycles. The van der Waals surface area contributed by atoms with E-state index in [1.807, 2.05) is 42.5 Å². The number of fused-ring (bicyclic) bond motifs is 6. The van der Waals surface area contributed by atoms with Gasteiger partial charge in [-0.05, 0) is 69.3 Å². The third-order valence-electron chi connectivity index (χ3n) is 9.05. The molecular formula is C42H29N3O. The van der Waals surface area contributed by atoms with Crippen LogP contribution in [0.3, 0.4) is 0 Å². The maximum absolute atomic E-state index is 6.38. The number of benzene rings is 6. The van der Waals surface area contributed by atoms with Gasteiger partial charge in [0.1, 0.15) is 11.2 Å². The van der Waals surface area contributed by atoms with Crippen LogP contribution in [0.2, 0.25) is 0 Å². The van der Waals surface area contributed by atoms with Gasteiger partial charge in [0.2, 0.25) is 0 Å². The molecule has 0 spiro atoms. The van der Waals surface area contributed by atoms with Gasteiger partial charge in [0, 0.05) is 27.5 Å². The van der Waals surface area contributed by atoms with Crippen LogP contribution in [0.4, 0.5) is 0 Å². The van der Waals surface area contributed by atoms with Crippen LogP contribution in [0.25, 0.3) is 83.2 Å². The Morgan fingerprint density at radius 1 is 0.565 bits per heavy atom. The number of nitrogens with zero attached hydrogens (tertiary/aromatic N) is 3. The second kappa shape index (κ2) is 10.6. The van der Waals surface area contributed by atoms with E-state index < -0.39 is 0 Å². The molecule has 4 nitrogen and oxygen atoms in total. The van der Waals surface area contributed by atoms with E-state index in [1.165, 1.54) is 27.3 Å². The lowest BCUT2D eigenvalue weighted by Crippen LogP contribution is -2.00. The number of allylic oxidation sites excluding steroid dienone is 4. The predicted octanol–water partition coefficient (Wildman–Crippen LogP) is 11.1. The predicted molar refractivity (Wildman–Crippen MR) is 189 cm³/mol. The molecule has 0 aliphatic heterocycles. The lowest BCUT2D eigenvalue weighted by atomic mass is 9.93. The lowest BCUT2D eigenvalue weighted by Gasteiger charge is -2.12. The third kappa shape index (κ3) is 4.50. The zero-order valence-corrected chi connectivity index (χ0v) is 25.3. The minimum atomic E-state index is 0.563. The Balaban J connectivity index is 1.25. The van der Waals surface area contributed by atoms with Gasteiger partial charge in [-0.25, -0.2) is 15.0 Å². The van der Waals surface area contributed by atoms with Crippen molar-refractivity contribution < 1.29 is 4.42 Å². The second-order valence-corrected chi connectivity index (χ2v) is 12.1. The summed E-state index contributed by atoms with van der Waals surface area (Å²) in [6.07, 6.45) is 7.88. The van der Waals surface area contributed by atoms with Crippen molar-refractivity contribution in [3.8, 4) is 34.2 Å². The zero-order chi connectivity index (χ0) is 30.6. The number of aromatic nitrogens is 3. The van der Waals surface area contributed by atoms with E-state index in [0.717, 1.165) is 50.4 Å². The summed E-state index contributed by atoms with van der Waals surface area (Å²) in [4.78, 5) is 15.2. The summed E-state index contributed by atoms with van der Waals surface area (Å²) in [5, 5.41) is 6.88. The van der Waals surface area contributed by atoms with Crippen molar-refractivity contribution in [2.45, 2.75) is 13.3 Å². The number of rotatable bonds is 4. The fourth-order valence-corrected chi connectivity index (χ4v) is 6.63. The first-order chi connectivity index (χ1) is 22.7. The lowest BCUT2D eigenvalue weighted by molar-refractivity contribution is 0.669. The largest absolute Gasteiger partial charge is 0.456 e. The maximum Gasteiger partial charge on any atom is 0.164 e. The zero-order valence-electron chi connectivity index (χ0n) is 25.3. The molecule has 0 amide bonds. The van der Waals surface area contributed by atoms with Crippen molar-refractivity contribution in [3.63, 3.8) is 0 Å². The summed E-state index contributed by atoms with van der Waals surface area (Å²) in [5.74, 6) is 2.45. The molecule has 8 aromatic rings. The molecule has 0 fully saturated rings. The van der Waals surface area contributed by atoms with Crippen LogP contribution in [0, 0.1) is 5.92 Å². The normalized spacial score (nSPS) is 14.8. The molecule has 1 aliphatic carbocycles. The molecule has 4 heteroatoms. The van der Waals surface area contributed by atoms with Gasteiger partial charge in [-0.2, -0.15) is 0 Å². The van der Waals surface area contributed by atoms with Crippen LogP contribution in [-0.2, 0) is 0 Å². The van der Waals surface area contributed by atoms with E-state index in [0.29, 0.717) is 23.4 Å². The Labute approximate surface area is 266 Å². The molecule has 218 valence electrons. The smallest absolute Gasteiger partial charge is 0.164 e. The van der Waals surface area contributed by atoms with E-state index in [-0.39, 0.29) is 0 Å². The van der Waals surface area contributed by atoms with E-state index in [2.05, 4.69) is 104 Å². The first-order valence-electron chi connectivity index (χ1n) is 15.8. The van der Waals surface area contributed by atoms with Crippen molar-refractivity contribution in [1.82, 2.24) is 15.0 Å². The number of furan rings is 1. The van der Waals surface area contributed by atoms with Crippen LogP contribution in [0.15, 0.2) is 144 Å². The molecule has 0 N–H and O–H groups in total. The van der Waals surface area contributed by atoms with Gasteiger partial charge in [-0.3, -0.25) is 0 Å². The minimum absolute atomic E-state index is 0.563. The molecule has 1 unspecified atom stereocenters. The Kier molecular flexibility index (Phi) is 6.13. The first-order valence-corrected chi connectivity index (χ1v) is 15.8. The van der Waals surface area contributed by atoms with Gasteiger partial charge in [0.05, 0.1) is 0 Å². The van der Waals surface area contributed by atoms with E-state index in [9.17, 15) is 0 Å². The second-order valence-electron chi connectivity index (χ2n) is 12.1. The highest BCUT2D eigenvalue weighted by Crippen LogP contribution is 2.38. The molecule has 0 radical (unpaired) electrons. The summed E-state index contributed by atoms with van der Waals surface area (Å²) in [6, 6.07) is 42.0. The monoisotopic (exact) mass is 591 g/mol. The Hall–Kier alpha value is -5.87. The summed E-state index contributed by atoms with van der Waals surface area (Å²) < 4.78 is 6.38. The van der Waals surface area contributed by atoms with Gasteiger partial charge in [0.25, 0.3) is 0 Å². The molecule has 1 aliphatic rings. The highest BCUT2D eigenvalue weighted by Gasteiger charge is 2.19. The molecule has 0 bridgehead atoms. The molecular weight excluding hydrogens is 562 g/mol. The molecule has 9 rings (SSSR count). The number of hydrogen-bond acceptors (Lipinski definition) is 4. The maximum atomic E-state index is 6.38. The highest BCUT2D eigenvalue weighted by molar-refractivity contribution is 6.13. The standard InChI is InChI=1S/C42H29N3O/c1-26-14-16-27(17-15-26)30-21-23-37-36(25-30)39-35(12-7-13-38(39)46-37)42-44-40(29-9-3-2-4-10-29)43-41(45-42)32-20-22-34-31(24-32)19-18-28-8-5-6-11-33(28)34/h2-14,16-26H,15H2,1H3. The average molecular weight is 592 g/mol. The minimum Gasteiger partial charge on any atom is -0.456 e. The first kappa shape index (κ1) is 26.5. The Bertz CT molecular complexity index is 2520. The van der Waals surface area contributed by atoms with Crippen LogP contribution in [-0.4, -0.2) is 15.0 Å². The summed E-state index contributed by atoms with van der Waals surface area (Å²) >= 11 is 0. The molecule has 6 aromatic carbocycles. The summed E-state index contributed by atoms with van der Waals surface area (Å²) in [7, 11) is 0. The Morgan fingerprint density at radius 3 is 2.20 bits per heavy atom. The highest BCUT2D eigenvalue weighted by atomic mass is 16.3. The molecule has 2 aromatic heterocycles. The van der Waals surface area contributed by atoms with Crippen molar-refractivity contribution in [2.75, 3.05) is 0 Å². The quantitative estimate of drug-likeness (QED) is 0.191. The van der Waals surface area contributed by atoms with Crippen molar-refractivity contribution >= 4 is 49.1 Å². The topological polar surface area (TPSA) is 51.8 Å². The number of hydrogen-bond donors (Lipinski definition) is 0. The van der Waals surface area contributed by atoms with E-state index in [1.54, 1.807) is 0 Å². The van der Waals surface area contributed by atoms with Gasteiger partial charge in [0.15, 0.2) is 17.5 Å². The van der Waals surface area contributed by atoms with Crippen molar-refractivity contribution in [3.05, 3.63) is 145 Å². The Morgan fingerprint density at radius 2 is 1.33 bits per heavy atom. The molecule has 0 saturated carbocycles. The van der Waals surface area contributed by atoms with Gasteiger partial charge in [-0.1, -0.05) is 122 Å². The van der Waals surface area contributed by atoms with E-state index in [4.69, 9.17) is 19.4 Å². The third-order valence-corrected chi connectivity index (χ3v) is 9.05. The van der Waals surface area contributed by atoms with Gasteiger partial charge in [-0.15, -0.1) is 0 Å². The average Bonchev–Trinajstić information content (AvgIpc) is 3.50. The van der Waals surface area contributed by atoms with Crippen LogP contribution < -0.4 is 0 Å². The SMILES string of the molecule is CC1C=CC(c2ccc3oc4cccc(-c5nc(-c6ccccc6)nc(-c6ccc7c(ccc8ccccc87)c6)n5)c4c3c2)=CC1. The summed E-state index contributed by atoms with van der Waals surface area (Å²) in [5.41, 5.74) is 6.88. The van der Waals surface area contributed by atoms with Crippen molar-refractivity contribution in [1.29, 1.82) is 0 Å². The van der Waals surface area contributed by atoms with Gasteiger partial charge >= 0.3 is 0 Å².